The first-order valence-corrected chi connectivity index (χ1v) is 5.53. The molecule has 14 heavy (non-hydrogen) atoms. The van der Waals surface area contributed by atoms with Crippen LogP contribution in [0.3, 0.4) is 0 Å². The first-order chi connectivity index (χ1) is 6.86. The van der Waals surface area contributed by atoms with Crippen LogP contribution in [0.1, 0.15) is 41.9 Å². The second kappa shape index (κ2) is 2.97. The lowest BCUT2D eigenvalue weighted by molar-refractivity contribution is 0.421. The van der Waals surface area contributed by atoms with Gasteiger partial charge in [-0.3, -0.25) is 4.79 Å². The summed E-state index contributed by atoms with van der Waals surface area (Å²) in [5, 5.41) is 0. The van der Waals surface area contributed by atoms with Crippen LogP contribution >= 0.6 is 0 Å². The van der Waals surface area contributed by atoms with Gasteiger partial charge in [-0.05, 0) is 32.1 Å². The van der Waals surface area contributed by atoms with Gasteiger partial charge in [-0.25, -0.2) is 0 Å². The second-order valence-electron chi connectivity index (χ2n) is 4.30. The highest BCUT2D eigenvalue weighted by Crippen LogP contribution is 2.25. The number of hydrogen-bond donors (Lipinski definition) is 0. The van der Waals surface area contributed by atoms with E-state index in [0.29, 0.717) is 5.43 Å². The maximum absolute atomic E-state index is 12.0. The van der Waals surface area contributed by atoms with Gasteiger partial charge in [0.15, 0.2) is 5.43 Å². The standard InChI is InChI=1S/C12H14O2/c13-12-8-4-1-2-6-10(8)14-11-7-3-5-9(11)12/h1-7H2. The molecule has 0 amide bonds. The molecule has 0 atom stereocenters. The number of rotatable bonds is 0. The molecule has 2 heteroatoms. The van der Waals surface area contributed by atoms with E-state index in [2.05, 4.69) is 0 Å². The molecule has 0 fully saturated rings. The van der Waals surface area contributed by atoms with Crippen LogP contribution in [-0.2, 0) is 25.7 Å². The molecule has 0 unspecified atom stereocenters. The fourth-order valence-electron chi connectivity index (χ4n) is 2.63. The highest BCUT2D eigenvalue weighted by Gasteiger charge is 2.23. The third-order valence-electron chi connectivity index (χ3n) is 3.38. The summed E-state index contributed by atoms with van der Waals surface area (Å²) in [6, 6.07) is 0. The smallest absolute Gasteiger partial charge is 0.191 e. The molecule has 0 saturated heterocycles. The minimum Gasteiger partial charge on any atom is -0.465 e. The van der Waals surface area contributed by atoms with Crippen molar-refractivity contribution in [3.05, 3.63) is 32.9 Å². The predicted molar refractivity (Wildman–Crippen MR) is 53.6 cm³/mol. The van der Waals surface area contributed by atoms with E-state index in [9.17, 15) is 4.79 Å². The van der Waals surface area contributed by atoms with Crippen LogP contribution in [0.25, 0.3) is 0 Å². The normalized spacial score (nSPS) is 19.1. The van der Waals surface area contributed by atoms with E-state index >= 15 is 0 Å². The van der Waals surface area contributed by atoms with Crippen molar-refractivity contribution in [3.8, 4) is 0 Å². The Kier molecular flexibility index (Phi) is 1.76. The van der Waals surface area contributed by atoms with Crippen LogP contribution in [0.5, 0.6) is 0 Å². The lowest BCUT2D eigenvalue weighted by Crippen LogP contribution is -2.19. The summed E-state index contributed by atoms with van der Waals surface area (Å²) in [7, 11) is 0. The highest BCUT2D eigenvalue weighted by molar-refractivity contribution is 5.31. The van der Waals surface area contributed by atoms with Crippen LogP contribution in [0.4, 0.5) is 0 Å². The quantitative estimate of drug-likeness (QED) is 0.626. The summed E-state index contributed by atoms with van der Waals surface area (Å²) < 4.78 is 5.82. The zero-order valence-electron chi connectivity index (χ0n) is 8.27. The molecule has 0 aliphatic heterocycles. The van der Waals surface area contributed by atoms with Crippen molar-refractivity contribution in [1.82, 2.24) is 0 Å². The van der Waals surface area contributed by atoms with Gasteiger partial charge in [0, 0.05) is 24.0 Å². The lowest BCUT2D eigenvalue weighted by atomic mass is 9.95. The van der Waals surface area contributed by atoms with Gasteiger partial charge in [-0.2, -0.15) is 0 Å². The topological polar surface area (TPSA) is 30.2 Å². The third kappa shape index (κ3) is 1.06. The van der Waals surface area contributed by atoms with E-state index in [0.717, 1.165) is 61.2 Å². The van der Waals surface area contributed by atoms with Gasteiger partial charge < -0.3 is 4.42 Å². The van der Waals surface area contributed by atoms with E-state index in [1.165, 1.54) is 6.42 Å². The Balaban J connectivity index is 2.25. The Hall–Kier alpha value is -1.05. The summed E-state index contributed by atoms with van der Waals surface area (Å²) in [4.78, 5) is 12.0. The first kappa shape index (κ1) is 8.27. The molecule has 0 N–H and O–H groups in total. The van der Waals surface area contributed by atoms with Gasteiger partial charge >= 0.3 is 0 Å². The van der Waals surface area contributed by atoms with Gasteiger partial charge in [0.05, 0.1) is 0 Å². The molecule has 0 aromatic carbocycles. The molecule has 3 rings (SSSR count). The second-order valence-corrected chi connectivity index (χ2v) is 4.30. The molecule has 2 aliphatic rings. The van der Waals surface area contributed by atoms with E-state index in [1.54, 1.807) is 0 Å². The molecule has 2 nitrogen and oxygen atoms in total. The van der Waals surface area contributed by atoms with Crippen molar-refractivity contribution >= 4 is 0 Å². The molecule has 1 aromatic rings. The average Bonchev–Trinajstić information content (AvgIpc) is 2.66. The van der Waals surface area contributed by atoms with Crippen molar-refractivity contribution in [2.75, 3.05) is 0 Å². The summed E-state index contributed by atoms with van der Waals surface area (Å²) in [6.45, 7) is 0. The van der Waals surface area contributed by atoms with Crippen LogP contribution in [-0.4, -0.2) is 0 Å². The summed E-state index contributed by atoms with van der Waals surface area (Å²) >= 11 is 0. The van der Waals surface area contributed by atoms with E-state index in [1.807, 2.05) is 0 Å². The maximum atomic E-state index is 12.0. The minimum atomic E-state index is 0.304. The van der Waals surface area contributed by atoms with Crippen LogP contribution < -0.4 is 5.43 Å². The Morgan fingerprint density at radius 3 is 2.14 bits per heavy atom. The summed E-state index contributed by atoms with van der Waals surface area (Å²) in [5.41, 5.74) is 2.26. The zero-order chi connectivity index (χ0) is 9.54. The third-order valence-corrected chi connectivity index (χ3v) is 3.38. The molecule has 0 spiro atoms. The van der Waals surface area contributed by atoms with Crippen molar-refractivity contribution in [1.29, 1.82) is 0 Å². The van der Waals surface area contributed by atoms with Crippen molar-refractivity contribution in [3.63, 3.8) is 0 Å². The monoisotopic (exact) mass is 190 g/mol. The highest BCUT2D eigenvalue weighted by atomic mass is 16.3. The van der Waals surface area contributed by atoms with Crippen molar-refractivity contribution < 1.29 is 4.42 Å². The van der Waals surface area contributed by atoms with E-state index < -0.39 is 0 Å². The Bertz CT molecular complexity index is 429. The minimum absolute atomic E-state index is 0.304. The maximum Gasteiger partial charge on any atom is 0.191 e. The van der Waals surface area contributed by atoms with Crippen LogP contribution in [0.15, 0.2) is 9.21 Å². The molecule has 0 radical (unpaired) electrons. The molecule has 0 saturated carbocycles. The Labute approximate surface area is 82.9 Å². The number of aryl methyl sites for hydroxylation is 2. The fourth-order valence-corrected chi connectivity index (χ4v) is 2.63. The first-order valence-electron chi connectivity index (χ1n) is 5.53. The van der Waals surface area contributed by atoms with E-state index in [4.69, 9.17) is 4.42 Å². The average molecular weight is 190 g/mol. The lowest BCUT2D eigenvalue weighted by Gasteiger charge is -2.14. The predicted octanol–water partition coefficient (Wildman–Crippen LogP) is 2.01. The molecule has 1 aromatic heterocycles. The number of fused-ring (bicyclic) bond motifs is 2. The molecule has 2 aliphatic carbocycles. The molecule has 74 valence electrons. The largest absolute Gasteiger partial charge is 0.465 e. The van der Waals surface area contributed by atoms with Gasteiger partial charge in [-0.15, -0.1) is 0 Å². The summed E-state index contributed by atoms with van der Waals surface area (Å²) in [5.74, 6) is 1.97. The van der Waals surface area contributed by atoms with Gasteiger partial charge in [0.2, 0.25) is 0 Å². The zero-order valence-corrected chi connectivity index (χ0v) is 8.27. The molecular formula is C12H14O2. The SMILES string of the molecule is O=c1c2c(oc3c1CCC3)CCCC2. The fraction of sp³-hybridized carbons (Fsp3) is 0.583. The van der Waals surface area contributed by atoms with Gasteiger partial charge in [0.1, 0.15) is 11.5 Å². The summed E-state index contributed by atoms with van der Waals surface area (Å²) in [6.07, 6.45) is 7.23. The van der Waals surface area contributed by atoms with Crippen LogP contribution in [0, 0.1) is 0 Å². The number of hydrogen-bond acceptors (Lipinski definition) is 2. The Morgan fingerprint density at radius 2 is 1.36 bits per heavy atom. The van der Waals surface area contributed by atoms with Crippen LogP contribution in [0.2, 0.25) is 0 Å². The van der Waals surface area contributed by atoms with Gasteiger partial charge in [-0.1, -0.05) is 0 Å². The van der Waals surface area contributed by atoms with Crippen molar-refractivity contribution in [2.45, 2.75) is 44.9 Å². The molecular weight excluding hydrogens is 176 g/mol. The molecule has 1 heterocycles. The van der Waals surface area contributed by atoms with Crippen molar-refractivity contribution in [2.24, 2.45) is 0 Å². The van der Waals surface area contributed by atoms with Gasteiger partial charge in [0.25, 0.3) is 0 Å². The van der Waals surface area contributed by atoms with E-state index in [-0.39, 0.29) is 0 Å². The Morgan fingerprint density at radius 1 is 0.786 bits per heavy atom. The molecule has 0 bridgehead atoms.